The van der Waals surface area contributed by atoms with Crippen molar-refractivity contribution in [1.29, 1.82) is 5.26 Å². The number of rotatable bonds is 3. The quantitative estimate of drug-likeness (QED) is 0.700. The van der Waals surface area contributed by atoms with Crippen LogP contribution in [0.1, 0.15) is 23.0 Å². The second kappa shape index (κ2) is 8.13. The van der Waals surface area contributed by atoms with Crippen LogP contribution >= 0.6 is 15.9 Å². The summed E-state index contributed by atoms with van der Waals surface area (Å²) in [6.45, 7) is 3.55. The van der Waals surface area contributed by atoms with Gasteiger partial charge in [0.05, 0.1) is 29.7 Å². The molecule has 0 aliphatic carbocycles. The highest BCUT2D eigenvalue weighted by molar-refractivity contribution is 9.10. The van der Waals surface area contributed by atoms with Gasteiger partial charge in [0.2, 0.25) is 5.91 Å². The van der Waals surface area contributed by atoms with Crippen molar-refractivity contribution >= 4 is 39.2 Å². The topological polar surface area (TPSA) is 105 Å². The average molecular weight is 464 g/mol. The molecule has 2 N–H and O–H groups in total. The molecule has 8 nitrogen and oxygen atoms in total. The second-order valence-corrected chi connectivity index (χ2v) is 7.38. The minimum atomic E-state index is -0.735. The molecule has 1 aliphatic heterocycles. The summed E-state index contributed by atoms with van der Waals surface area (Å²) < 4.78 is 21.6. The summed E-state index contributed by atoms with van der Waals surface area (Å²) in [5, 5.41) is 9.24. The molecule has 0 unspecified atom stereocenters. The first kappa shape index (κ1) is 20.7. The standard InChI is InChI=1S/C19H19BrFN5O3/c1-11(27)24-3-5-25(6-4-24)16-7-13(20)15(8-14(16)21)26-10-12(9-22)17(23)18(26)19(28)29-2/h7-8,10H,3-6,23H2,1-2H3. The number of anilines is 2. The van der Waals surface area contributed by atoms with Crippen LogP contribution in [0.3, 0.4) is 0 Å². The second-order valence-electron chi connectivity index (χ2n) is 6.53. The molecule has 0 spiro atoms. The maximum Gasteiger partial charge on any atom is 0.357 e. The van der Waals surface area contributed by atoms with Crippen molar-refractivity contribution in [2.45, 2.75) is 6.92 Å². The molecule has 1 aliphatic rings. The minimum Gasteiger partial charge on any atom is -0.464 e. The van der Waals surface area contributed by atoms with Gasteiger partial charge in [0.15, 0.2) is 5.69 Å². The molecule has 0 bridgehead atoms. The van der Waals surface area contributed by atoms with E-state index in [1.54, 1.807) is 11.0 Å². The van der Waals surface area contributed by atoms with Gasteiger partial charge in [-0.05, 0) is 22.0 Å². The number of esters is 1. The van der Waals surface area contributed by atoms with Gasteiger partial charge in [0.1, 0.15) is 11.9 Å². The molecular formula is C19H19BrFN5O3. The summed E-state index contributed by atoms with van der Waals surface area (Å²) in [5.41, 5.74) is 6.60. The lowest BCUT2D eigenvalue weighted by Crippen LogP contribution is -2.48. The number of nitriles is 1. The summed E-state index contributed by atoms with van der Waals surface area (Å²) in [6.07, 6.45) is 1.37. The predicted octanol–water partition coefficient (Wildman–Crippen LogP) is 2.29. The highest BCUT2D eigenvalue weighted by Crippen LogP contribution is 2.34. The Morgan fingerprint density at radius 3 is 2.45 bits per heavy atom. The normalized spacial score (nSPS) is 13.9. The molecule has 1 saturated heterocycles. The van der Waals surface area contributed by atoms with Gasteiger partial charge >= 0.3 is 5.97 Å². The summed E-state index contributed by atoms with van der Waals surface area (Å²) in [6, 6.07) is 4.79. The Bertz CT molecular complexity index is 1020. The zero-order chi connectivity index (χ0) is 21.3. The van der Waals surface area contributed by atoms with Crippen LogP contribution in [-0.4, -0.2) is 54.6 Å². The van der Waals surface area contributed by atoms with Gasteiger partial charge in [-0.3, -0.25) is 4.79 Å². The third-order valence-electron chi connectivity index (χ3n) is 4.89. The van der Waals surface area contributed by atoms with Crippen LogP contribution in [0.4, 0.5) is 15.8 Å². The minimum absolute atomic E-state index is 0.00418. The zero-order valence-electron chi connectivity index (χ0n) is 15.9. The van der Waals surface area contributed by atoms with Crippen molar-refractivity contribution in [3.8, 4) is 11.8 Å². The number of nitrogen functional groups attached to an aromatic ring is 1. The molecule has 0 atom stereocenters. The van der Waals surface area contributed by atoms with E-state index >= 15 is 0 Å². The van der Waals surface area contributed by atoms with Crippen LogP contribution in [0.25, 0.3) is 5.69 Å². The van der Waals surface area contributed by atoms with Crippen LogP contribution in [0.15, 0.2) is 22.8 Å². The Balaban J connectivity index is 2.00. The van der Waals surface area contributed by atoms with E-state index in [-0.39, 0.29) is 22.9 Å². The number of benzene rings is 1. The maximum absolute atomic E-state index is 15.0. The molecule has 1 aromatic heterocycles. The van der Waals surface area contributed by atoms with Gasteiger partial charge in [0, 0.05) is 49.8 Å². The lowest BCUT2D eigenvalue weighted by atomic mass is 10.2. The molecule has 0 saturated carbocycles. The Hall–Kier alpha value is -3.06. The van der Waals surface area contributed by atoms with Gasteiger partial charge in [0.25, 0.3) is 0 Å². The van der Waals surface area contributed by atoms with Crippen molar-refractivity contribution in [2.24, 2.45) is 0 Å². The van der Waals surface area contributed by atoms with E-state index in [9.17, 15) is 19.2 Å². The molecule has 2 heterocycles. The lowest BCUT2D eigenvalue weighted by Gasteiger charge is -2.36. The van der Waals surface area contributed by atoms with Crippen LogP contribution in [0, 0.1) is 17.1 Å². The maximum atomic E-state index is 15.0. The molecule has 2 aromatic rings. The number of aromatic nitrogens is 1. The van der Waals surface area contributed by atoms with Gasteiger partial charge in [-0.25, -0.2) is 9.18 Å². The largest absolute Gasteiger partial charge is 0.464 e. The summed E-state index contributed by atoms with van der Waals surface area (Å²) >= 11 is 3.43. The Morgan fingerprint density at radius 2 is 1.90 bits per heavy atom. The predicted molar refractivity (Wildman–Crippen MR) is 108 cm³/mol. The first-order valence-corrected chi connectivity index (χ1v) is 9.56. The van der Waals surface area contributed by atoms with Crippen LogP contribution in [0.5, 0.6) is 0 Å². The molecule has 0 radical (unpaired) electrons. The molecule has 1 fully saturated rings. The lowest BCUT2D eigenvalue weighted by molar-refractivity contribution is -0.129. The van der Waals surface area contributed by atoms with Gasteiger partial charge in [-0.2, -0.15) is 5.26 Å². The van der Waals surface area contributed by atoms with E-state index in [0.29, 0.717) is 42.0 Å². The van der Waals surface area contributed by atoms with Crippen LogP contribution < -0.4 is 10.6 Å². The van der Waals surface area contributed by atoms with Crippen molar-refractivity contribution in [3.05, 3.63) is 39.9 Å². The zero-order valence-corrected chi connectivity index (χ0v) is 17.5. The summed E-state index contributed by atoms with van der Waals surface area (Å²) in [4.78, 5) is 27.2. The summed E-state index contributed by atoms with van der Waals surface area (Å²) in [5.74, 6) is -1.24. The van der Waals surface area contributed by atoms with E-state index in [4.69, 9.17) is 10.5 Å². The van der Waals surface area contributed by atoms with Crippen molar-refractivity contribution < 1.29 is 18.7 Å². The third kappa shape index (κ3) is 3.78. The van der Waals surface area contributed by atoms with E-state index in [1.807, 2.05) is 11.0 Å². The Morgan fingerprint density at radius 1 is 1.24 bits per heavy atom. The van der Waals surface area contributed by atoms with E-state index in [2.05, 4.69) is 15.9 Å². The number of piperazine rings is 1. The number of ether oxygens (including phenoxy) is 1. The number of hydrogen-bond donors (Lipinski definition) is 1. The average Bonchev–Trinajstić information content (AvgIpc) is 3.05. The number of amides is 1. The number of nitrogens with two attached hydrogens (primary N) is 1. The first-order chi connectivity index (χ1) is 13.8. The van der Waals surface area contributed by atoms with Crippen molar-refractivity contribution in [1.82, 2.24) is 9.47 Å². The molecule has 152 valence electrons. The fraction of sp³-hybridized carbons (Fsp3) is 0.316. The molecule has 3 rings (SSSR count). The van der Waals surface area contributed by atoms with Crippen LogP contribution in [0.2, 0.25) is 0 Å². The number of halogens is 2. The monoisotopic (exact) mass is 463 g/mol. The fourth-order valence-corrected chi connectivity index (χ4v) is 3.84. The Kier molecular flexibility index (Phi) is 5.79. The van der Waals surface area contributed by atoms with Gasteiger partial charge in [-0.15, -0.1) is 0 Å². The van der Waals surface area contributed by atoms with Crippen molar-refractivity contribution in [2.75, 3.05) is 43.9 Å². The van der Waals surface area contributed by atoms with Gasteiger partial charge < -0.3 is 24.8 Å². The number of carbonyl (C=O) groups is 2. The third-order valence-corrected chi connectivity index (χ3v) is 5.52. The molecule has 29 heavy (non-hydrogen) atoms. The van der Waals surface area contributed by atoms with E-state index in [1.165, 1.54) is 30.9 Å². The molecule has 10 heteroatoms. The molecular weight excluding hydrogens is 445 g/mol. The number of hydrogen-bond acceptors (Lipinski definition) is 6. The van der Waals surface area contributed by atoms with E-state index < -0.39 is 11.8 Å². The SMILES string of the molecule is COC(=O)c1c(N)c(C#N)cn1-c1cc(F)c(N2CCN(C(C)=O)CC2)cc1Br. The number of nitrogens with zero attached hydrogens (tertiary/aromatic N) is 4. The Labute approximate surface area is 175 Å². The highest BCUT2D eigenvalue weighted by Gasteiger charge is 2.25. The van der Waals surface area contributed by atoms with Crippen molar-refractivity contribution in [3.63, 3.8) is 0 Å². The molecule has 1 amide bonds. The highest BCUT2D eigenvalue weighted by atomic mass is 79.9. The van der Waals surface area contributed by atoms with Gasteiger partial charge in [-0.1, -0.05) is 0 Å². The van der Waals surface area contributed by atoms with Crippen LogP contribution in [-0.2, 0) is 9.53 Å². The number of methoxy groups -OCH3 is 1. The smallest absolute Gasteiger partial charge is 0.357 e. The summed E-state index contributed by atoms with van der Waals surface area (Å²) in [7, 11) is 1.20. The number of carbonyl (C=O) groups excluding carboxylic acids is 2. The fourth-order valence-electron chi connectivity index (χ4n) is 3.32. The first-order valence-electron chi connectivity index (χ1n) is 8.77. The molecule has 1 aromatic carbocycles. The van der Waals surface area contributed by atoms with E-state index in [0.717, 1.165) is 0 Å².